The average molecular weight is 535 g/mol. The van der Waals surface area contributed by atoms with Crippen molar-refractivity contribution in [3.8, 4) is 0 Å². The van der Waals surface area contributed by atoms with Crippen LogP contribution in [0.1, 0.15) is 24.5 Å². The maximum absolute atomic E-state index is 13.5. The summed E-state index contributed by atoms with van der Waals surface area (Å²) in [6.07, 6.45) is 1.31. The molecule has 0 aromatic heterocycles. The van der Waals surface area contributed by atoms with Crippen molar-refractivity contribution in [1.29, 1.82) is 0 Å². The van der Waals surface area contributed by atoms with E-state index in [1.807, 2.05) is 0 Å². The quantitative estimate of drug-likeness (QED) is 0.520. The first kappa shape index (κ1) is 27.2. The Labute approximate surface area is 209 Å². The van der Waals surface area contributed by atoms with Gasteiger partial charge in [0.25, 0.3) is 0 Å². The largest absolute Gasteiger partial charge is 0.357 e. The molecule has 180 valence electrons. The Kier molecular flexibility index (Phi) is 9.43. The first-order valence-electron chi connectivity index (χ1n) is 10.1. The maximum Gasteiger partial charge on any atom is 0.244 e. The molecule has 7 nitrogen and oxygen atoms in total. The first-order valence-corrected chi connectivity index (χ1v) is 13.1. The van der Waals surface area contributed by atoms with Crippen LogP contribution in [0.2, 0.25) is 15.1 Å². The molecular formula is C22H26Cl3N3O4S. The van der Waals surface area contributed by atoms with E-state index in [4.69, 9.17) is 34.8 Å². The zero-order valence-corrected chi connectivity index (χ0v) is 21.8. The van der Waals surface area contributed by atoms with Gasteiger partial charge in [0.05, 0.1) is 11.9 Å². The fourth-order valence-electron chi connectivity index (χ4n) is 3.43. The van der Waals surface area contributed by atoms with E-state index in [2.05, 4.69) is 5.32 Å². The molecule has 0 aliphatic carbocycles. The number of hydrogen-bond acceptors (Lipinski definition) is 4. The van der Waals surface area contributed by atoms with Crippen molar-refractivity contribution < 1.29 is 18.0 Å². The normalized spacial score (nSPS) is 12.2. The Morgan fingerprint density at radius 1 is 1.09 bits per heavy atom. The summed E-state index contributed by atoms with van der Waals surface area (Å²) in [5.41, 5.74) is 1.36. The van der Waals surface area contributed by atoms with Crippen LogP contribution in [-0.2, 0) is 26.2 Å². The van der Waals surface area contributed by atoms with Gasteiger partial charge in [-0.05, 0) is 49.2 Å². The molecule has 2 rings (SSSR count). The molecule has 0 fully saturated rings. The molecule has 0 saturated carbocycles. The third-order valence-corrected chi connectivity index (χ3v) is 7.20. The van der Waals surface area contributed by atoms with Crippen molar-refractivity contribution in [2.75, 3.05) is 24.2 Å². The molecule has 1 N–H and O–H groups in total. The topological polar surface area (TPSA) is 86.8 Å². The number of carbonyl (C=O) groups excluding carboxylic acids is 2. The van der Waals surface area contributed by atoms with Crippen LogP contribution in [-0.4, -0.2) is 51.0 Å². The molecule has 11 heteroatoms. The highest BCUT2D eigenvalue weighted by Gasteiger charge is 2.32. The Hall–Kier alpha value is -2.00. The van der Waals surface area contributed by atoms with E-state index in [9.17, 15) is 18.0 Å². The fraction of sp³-hybridized carbons (Fsp3) is 0.364. The number of nitrogens with one attached hydrogen (secondary N) is 1. The molecule has 0 radical (unpaired) electrons. The van der Waals surface area contributed by atoms with Gasteiger partial charge in [-0.1, -0.05) is 47.8 Å². The lowest BCUT2D eigenvalue weighted by Crippen LogP contribution is -2.51. The van der Waals surface area contributed by atoms with Gasteiger partial charge in [-0.25, -0.2) is 8.42 Å². The van der Waals surface area contributed by atoms with Crippen molar-refractivity contribution in [2.24, 2.45) is 0 Å². The van der Waals surface area contributed by atoms with Crippen molar-refractivity contribution in [2.45, 2.75) is 32.9 Å². The van der Waals surface area contributed by atoms with Crippen LogP contribution in [0.25, 0.3) is 0 Å². The van der Waals surface area contributed by atoms with E-state index in [1.54, 1.807) is 44.2 Å². The van der Waals surface area contributed by atoms with Crippen LogP contribution in [0.15, 0.2) is 36.4 Å². The predicted molar refractivity (Wildman–Crippen MR) is 134 cm³/mol. The second-order valence-electron chi connectivity index (χ2n) is 7.46. The van der Waals surface area contributed by atoms with Gasteiger partial charge in [-0.2, -0.15) is 0 Å². The summed E-state index contributed by atoms with van der Waals surface area (Å²) in [7, 11) is -2.37. The lowest BCUT2D eigenvalue weighted by Gasteiger charge is -2.33. The summed E-state index contributed by atoms with van der Waals surface area (Å²) in [6, 6.07) is 8.77. The SMILES string of the molecule is CC[C@@H](C(=O)NC)N(Cc1c(Cl)cccc1Cl)C(=O)CN(c1ccc(Cl)cc1C)S(C)(=O)=O. The zero-order chi connectivity index (χ0) is 24.9. The van der Waals surface area contributed by atoms with E-state index in [0.717, 1.165) is 10.6 Å². The zero-order valence-electron chi connectivity index (χ0n) is 18.7. The Balaban J connectivity index is 2.52. The van der Waals surface area contributed by atoms with Gasteiger partial charge in [0.1, 0.15) is 12.6 Å². The number of hydrogen-bond donors (Lipinski definition) is 1. The van der Waals surface area contributed by atoms with Crippen LogP contribution < -0.4 is 9.62 Å². The van der Waals surface area contributed by atoms with Gasteiger partial charge in [-0.3, -0.25) is 13.9 Å². The van der Waals surface area contributed by atoms with Crippen molar-refractivity contribution in [3.63, 3.8) is 0 Å². The molecule has 2 aromatic rings. The fourth-order valence-corrected chi connectivity index (χ4v) is 5.08. The highest BCUT2D eigenvalue weighted by Crippen LogP contribution is 2.29. The summed E-state index contributed by atoms with van der Waals surface area (Å²) >= 11 is 18.6. The Morgan fingerprint density at radius 3 is 2.18 bits per heavy atom. The summed E-state index contributed by atoms with van der Waals surface area (Å²) in [5, 5.41) is 3.66. The minimum atomic E-state index is -3.84. The van der Waals surface area contributed by atoms with Crippen LogP contribution in [0.4, 0.5) is 5.69 Å². The number of halogens is 3. The van der Waals surface area contributed by atoms with E-state index in [-0.39, 0.29) is 12.5 Å². The minimum Gasteiger partial charge on any atom is -0.357 e. The van der Waals surface area contributed by atoms with E-state index >= 15 is 0 Å². The Morgan fingerprint density at radius 2 is 1.70 bits per heavy atom. The molecule has 0 unspecified atom stereocenters. The second kappa shape index (κ2) is 11.4. The third kappa shape index (κ3) is 6.76. The third-order valence-electron chi connectivity index (χ3n) is 5.13. The highest BCUT2D eigenvalue weighted by molar-refractivity contribution is 7.92. The van der Waals surface area contributed by atoms with Gasteiger partial charge in [0.2, 0.25) is 21.8 Å². The summed E-state index contributed by atoms with van der Waals surface area (Å²) in [5.74, 6) is -0.969. The highest BCUT2D eigenvalue weighted by atomic mass is 35.5. The molecular weight excluding hydrogens is 509 g/mol. The lowest BCUT2D eigenvalue weighted by molar-refractivity contribution is -0.140. The standard InChI is InChI=1S/C22H26Cl3N3O4S/c1-5-19(22(30)26-3)27(12-16-17(24)7-6-8-18(16)25)21(29)13-28(33(4,31)32)20-10-9-15(23)11-14(20)2/h6-11,19H,5,12-13H2,1-4H3,(H,26,30)/t19-/m0/s1. The van der Waals surface area contributed by atoms with Crippen molar-refractivity contribution in [1.82, 2.24) is 10.2 Å². The van der Waals surface area contributed by atoms with Crippen molar-refractivity contribution in [3.05, 3.63) is 62.6 Å². The smallest absolute Gasteiger partial charge is 0.244 e. The van der Waals surface area contributed by atoms with E-state index in [1.165, 1.54) is 18.0 Å². The predicted octanol–water partition coefficient (Wildman–Crippen LogP) is 4.27. The van der Waals surface area contributed by atoms with Gasteiger partial charge in [0, 0.05) is 34.2 Å². The summed E-state index contributed by atoms with van der Waals surface area (Å²) in [6.45, 7) is 2.87. The van der Waals surface area contributed by atoms with Gasteiger partial charge >= 0.3 is 0 Å². The molecule has 1 atom stereocenters. The van der Waals surface area contributed by atoms with Crippen LogP contribution in [0.5, 0.6) is 0 Å². The van der Waals surface area contributed by atoms with E-state index in [0.29, 0.717) is 38.3 Å². The molecule has 0 heterocycles. The number of anilines is 1. The number of amides is 2. The Bertz CT molecular complexity index is 1120. The van der Waals surface area contributed by atoms with Crippen LogP contribution >= 0.6 is 34.8 Å². The summed E-state index contributed by atoms with van der Waals surface area (Å²) < 4.78 is 26.2. The number of benzene rings is 2. The molecule has 0 spiro atoms. The van der Waals surface area contributed by atoms with Crippen molar-refractivity contribution >= 4 is 62.3 Å². The number of likely N-dealkylation sites (N-methyl/N-ethyl adjacent to an activating group) is 1. The first-order chi connectivity index (χ1) is 15.4. The lowest BCUT2D eigenvalue weighted by atomic mass is 10.1. The molecule has 0 bridgehead atoms. The van der Waals surface area contributed by atoms with Gasteiger partial charge in [0.15, 0.2) is 0 Å². The van der Waals surface area contributed by atoms with Gasteiger partial charge in [-0.15, -0.1) is 0 Å². The molecule has 0 aliphatic heterocycles. The number of carbonyl (C=O) groups is 2. The number of nitrogens with zero attached hydrogens (tertiary/aromatic N) is 2. The van der Waals surface area contributed by atoms with E-state index < -0.39 is 28.5 Å². The second-order valence-corrected chi connectivity index (χ2v) is 10.6. The van der Waals surface area contributed by atoms with Crippen LogP contribution in [0, 0.1) is 6.92 Å². The van der Waals surface area contributed by atoms with Crippen LogP contribution in [0.3, 0.4) is 0 Å². The molecule has 2 aromatic carbocycles. The summed E-state index contributed by atoms with van der Waals surface area (Å²) in [4.78, 5) is 27.4. The molecule has 33 heavy (non-hydrogen) atoms. The van der Waals surface area contributed by atoms with Gasteiger partial charge < -0.3 is 10.2 Å². The molecule has 2 amide bonds. The number of sulfonamides is 1. The number of rotatable bonds is 9. The monoisotopic (exact) mass is 533 g/mol. The average Bonchev–Trinajstić information content (AvgIpc) is 2.73. The maximum atomic E-state index is 13.5. The molecule has 0 aliphatic rings. The minimum absolute atomic E-state index is 0.0690. The molecule has 0 saturated heterocycles. The number of aryl methyl sites for hydroxylation is 1.